The van der Waals surface area contributed by atoms with Gasteiger partial charge in [-0.15, -0.1) is 0 Å². The summed E-state index contributed by atoms with van der Waals surface area (Å²) in [6.45, 7) is 0.606. The van der Waals surface area contributed by atoms with Crippen LogP contribution in [0, 0.1) is 5.82 Å². The molecule has 0 aromatic heterocycles. The van der Waals surface area contributed by atoms with Crippen molar-refractivity contribution in [2.75, 3.05) is 24.8 Å². The van der Waals surface area contributed by atoms with Gasteiger partial charge in [0.05, 0.1) is 12.8 Å². The molecule has 0 radical (unpaired) electrons. The second kappa shape index (κ2) is 6.09. The Morgan fingerprint density at radius 2 is 2.00 bits per heavy atom. The fourth-order valence-corrected chi connectivity index (χ4v) is 1.85. The summed E-state index contributed by atoms with van der Waals surface area (Å²) in [5.74, 6) is 0.346. The number of hydrogen-bond donors (Lipinski definition) is 2. The quantitative estimate of drug-likeness (QED) is 0.863. The predicted molar refractivity (Wildman–Crippen MR) is 76.3 cm³/mol. The second-order valence-corrected chi connectivity index (χ2v) is 4.15. The molecule has 2 rings (SSSR count). The van der Waals surface area contributed by atoms with E-state index in [0.29, 0.717) is 18.0 Å². The molecule has 0 saturated heterocycles. The van der Waals surface area contributed by atoms with E-state index in [1.807, 2.05) is 31.3 Å². The van der Waals surface area contributed by atoms with Gasteiger partial charge in [-0.25, -0.2) is 4.39 Å². The van der Waals surface area contributed by atoms with E-state index in [9.17, 15) is 4.39 Å². The average molecular weight is 260 g/mol. The van der Waals surface area contributed by atoms with E-state index < -0.39 is 0 Å². The lowest BCUT2D eigenvalue weighted by Gasteiger charge is -2.12. The van der Waals surface area contributed by atoms with Gasteiger partial charge in [0.2, 0.25) is 0 Å². The molecule has 0 unspecified atom stereocenters. The number of methoxy groups -OCH3 is 1. The number of benzene rings is 2. The topological polar surface area (TPSA) is 33.3 Å². The fourth-order valence-electron chi connectivity index (χ4n) is 1.85. The molecule has 2 N–H and O–H groups in total. The molecule has 0 spiro atoms. The monoisotopic (exact) mass is 260 g/mol. The first-order valence-electron chi connectivity index (χ1n) is 6.07. The van der Waals surface area contributed by atoms with Crippen LogP contribution in [0.3, 0.4) is 0 Å². The van der Waals surface area contributed by atoms with Crippen LogP contribution in [0.4, 0.5) is 15.8 Å². The van der Waals surface area contributed by atoms with Crippen molar-refractivity contribution >= 4 is 11.4 Å². The first-order chi connectivity index (χ1) is 9.22. The standard InChI is InChI=1S/C15H17FN2O/c1-17-13-5-3-4-11(8-13)10-18-14-9-12(16)6-7-15(14)19-2/h3-9,17-18H,10H2,1-2H3. The molecular weight excluding hydrogens is 243 g/mol. The van der Waals surface area contributed by atoms with Gasteiger partial charge in [-0.05, 0) is 29.8 Å². The molecule has 100 valence electrons. The number of halogens is 1. The molecule has 0 amide bonds. The first kappa shape index (κ1) is 13.2. The molecule has 0 aliphatic rings. The molecule has 19 heavy (non-hydrogen) atoms. The Morgan fingerprint density at radius 1 is 1.16 bits per heavy atom. The molecule has 2 aromatic rings. The average Bonchev–Trinajstić information content (AvgIpc) is 2.45. The van der Waals surface area contributed by atoms with Crippen LogP contribution in [-0.2, 0) is 6.54 Å². The van der Waals surface area contributed by atoms with Crippen LogP contribution in [0.1, 0.15) is 5.56 Å². The molecule has 4 heteroatoms. The zero-order chi connectivity index (χ0) is 13.7. The van der Waals surface area contributed by atoms with Crippen molar-refractivity contribution in [1.82, 2.24) is 0 Å². The van der Waals surface area contributed by atoms with Gasteiger partial charge in [-0.1, -0.05) is 12.1 Å². The normalized spacial score (nSPS) is 10.1. The van der Waals surface area contributed by atoms with Crippen molar-refractivity contribution in [2.45, 2.75) is 6.54 Å². The number of hydrogen-bond acceptors (Lipinski definition) is 3. The lowest BCUT2D eigenvalue weighted by molar-refractivity contribution is 0.415. The molecule has 0 aliphatic carbocycles. The number of rotatable bonds is 5. The molecule has 0 heterocycles. The molecule has 0 saturated carbocycles. The Bertz CT molecular complexity index is 558. The van der Waals surface area contributed by atoms with Gasteiger partial charge in [0.15, 0.2) is 0 Å². The van der Waals surface area contributed by atoms with Crippen molar-refractivity contribution in [1.29, 1.82) is 0 Å². The summed E-state index contributed by atoms with van der Waals surface area (Å²) in [5.41, 5.74) is 2.81. The van der Waals surface area contributed by atoms with Crippen molar-refractivity contribution in [3.05, 3.63) is 53.8 Å². The molecular formula is C15H17FN2O. The summed E-state index contributed by atoms with van der Waals surface area (Å²) >= 11 is 0. The van der Waals surface area contributed by atoms with Crippen LogP contribution in [0.25, 0.3) is 0 Å². The lowest BCUT2D eigenvalue weighted by Crippen LogP contribution is -2.02. The predicted octanol–water partition coefficient (Wildman–Crippen LogP) is 3.49. The highest BCUT2D eigenvalue weighted by molar-refractivity contribution is 5.57. The van der Waals surface area contributed by atoms with E-state index in [-0.39, 0.29) is 5.82 Å². The van der Waals surface area contributed by atoms with E-state index in [1.54, 1.807) is 13.2 Å². The van der Waals surface area contributed by atoms with Crippen molar-refractivity contribution in [3.63, 3.8) is 0 Å². The van der Waals surface area contributed by atoms with Gasteiger partial charge in [0.1, 0.15) is 11.6 Å². The van der Waals surface area contributed by atoms with Crippen LogP contribution in [0.2, 0.25) is 0 Å². The summed E-state index contributed by atoms with van der Waals surface area (Å²) in [5, 5.41) is 6.26. The summed E-state index contributed by atoms with van der Waals surface area (Å²) in [6.07, 6.45) is 0. The van der Waals surface area contributed by atoms with E-state index in [1.165, 1.54) is 12.1 Å². The van der Waals surface area contributed by atoms with Gasteiger partial charge in [0, 0.05) is 25.3 Å². The summed E-state index contributed by atoms with van der Waals surface area (Å²) < 4.78 is 18.4. The largest absolute Gasteiger partial charge is 0.495 e. The molecule has 0 bridgehead atoms. The van der Waals surface area contributed by atoms with E-state index >= 15 is 0 Å². The van der Waals surface area contributed by atoms with Crippen molar-refractivity contribution in [3.8, 4) is 5.75 Å². The smallest absolute Gasteiger partial charge is 0.142 e. The fraction of sp³-hybridized carbons (Fsp3) is 0.200. The Kier molecular flexibility index (Phi) is 4.23. The minimum atomic E-state index is -0.285. The van der Waals surface area contributed by atoms with Crippen LogP contribution in [0.5, 0.6) is 5.75 Å². The maximum Gasteiger partial charge on any atom is 0.142 e. The van der Waals surface area contributed by atoms with Crippen LogP contribution >= 0.6 is 0 Å². The van der Waals surface area contributed by atoms with Gasteiger partial charge in [-0.3, -0.25) is 0 Å². The highest BCUT2D eigenvalue weighted by Crippen LogP contribution is 2.25. The Hall–Kier alpha value is -2.23. The number of nitrogens with one attached hydrogen (secondary N) is 2. The highest BCUT2D eigenvalue weighted by atomic mass is 19.1. The maximum atomic E-state index is 13.2. The highest BCUT2D eigenvalue weighted by Gasteiger charge is 2.04. The van der Waals surface area contributed by atoms with E-state index in [4.69, 9.17) is 4.74 Å². The van der Waals surface area contributed by atoms with Gasteiger partial charge < -0.3 is 15.4 Å². The first-order valence-corrected chi connectivity index (χ1v) is 6.07. The Balaban J connectivity index is 2.11. The Labute approximate surface area is 112 Å². The summed E-state index contributed by atoms with van der Waals surface area (Å²) in [4.78, 5) is 0. The minimum Gasteiger partial charge on any atom is -0.495 e. The SMILES string of the molecule is CNc1cccc(CNc2cc(F)ccc2OC)c1. The maximum absolute atomic E-state index is 13.2. The van der Waals surface area contributed by atoms with Crippen molar-refractivity contribution < 1.29 is 9.13 Å². The molecule has 3 nitrogen and oxygen atoms in total. The van der Waals surface area contributed by atoms with Crippen LogP contribution in [0.15, 0.2) is 42.5 Å². The number of anilines is 2. The van der Waals surface area contributed by atoms with Gasteiger partial charge in [0.25, 0.3) is 0 Å². The molecule has 0 atom stereocenters. The second-order valence-electron chi connectivity index (χ2n) is 4.15. The van der Waals surface area contributed by atoms with Gasteiger partial charge >= 0.3 is 0 Å². The third-order valence-corrected chi connectivity index (χ3v) is 2.86. The van der Waals surface area contributed by atoms with Crippen LogP contribution in [-0.4, -0.2) is 14.2 Å². The zero-order valence-corrected chi connectivity index (χ0v) is 11.0. The van der Waals surface area contributed by atoms with Crippen molar-refractivity contribution in [2.24, 2.45) is 0 Å². The van der Waals surface area contributed by atoms with E-state index in [0.717, 1.165) is 11.3 Å². The summed E-state index contributed by atoms with van der Waals surface area (Å²) in [6, 6.07) is 12.4. The van der Waals surface area contributed by atoms with Gasteiger partial charge in [-0.2, -0.15) is 0 Å². The minimum absolute atomic E-state index is 0.285. The third kappa shape index (κ3) is 3.37. The molecule has 0 fully saturated rings. The van der Waals surface area contributed by atoms with Crippen LogP contribution < -0.4 is 15.4 Å². The zero-order valence-electron chi connectivity index (χ0n) is 11.0. The molecule has 0 aliphatic heterocycles. The molecule has 2 aromatic carbocycles. The Morgan fingerprint density at radius 3 is 2.74 bits per heavy atom. The third-order valence-electron chi connectivity index (χ3n) is 2.86. The van der Waals surface area contributed by atoms with E-state index in [2.05, 4.69) is 10.6 Å². The summed E-state index contributed by atoms with van der Waals surface area (Å²) in [7, 11) is 3.45. The number of ether oxygens (including phenoxy) is 1. The lowest BCUT2D eigenvalue weighted by atomic mass is 10.2.